The number of carbonyl (C=O) groups is 1. The van der Waals surface area contributed by atoms with Gasteiger partial charge in [-0.05, 0) is 37.5 Å². The van der Waals surface area contributed by atoms with Crippen LogP contribution in [0.2, 0.25) is 0 Å². The number of imidazole rings is 1. The van der Waals surface area contributed by atoms with Crippen molar-refractivity contribution in [2.75, 3.05) is 5.32 Å². The maximum Gasteiger partial charge on any atom is 0.243 e. The number of anilines is 1. The van der Waals surface area contributed by atoms with Crippen molar-refractivity contribution in [1.82, 2.24) is 9.55 Å². The quantitative estimate of drug-likeness (QED) is 0.912. The summed E-state index contributed by atoms with van der Waals surface area (Å²) in [5.41, 5.74) is 8.93. The maximum atomic E-state index is 12.1. The van der Waals surface area contributed by atoms with Crippen LogP contribution in [-0.2, 0) is 11.3 Å². The number of amides is 1. The minimum Gasteiger partial charge on any atom is -0.320 e. The van der Waals surface area contributed by atoms with Crippen molar-refractivity contribution < 1.29 is 4.79 Å². The molecule has 21 heavy (non-hydrogen) atoms. The van der Waals surface area contributed by atoms with E-state index in [-0.39, 0.29) is 24.2 Å². The molecular formula is C15H23ClN4O. The van der Waals surface area contributed by atoms with Gasteiger partial charge < -0.3 is 10.3 Å². The number of nitrogens with zero attached hydrogens (tertiary/aromatic N) is 2. The molecule has 0 spiro atoms. The van der Waals surface area contributed by atoms with Crippen LogP contribution in [0.5, 0.6) is 0 Å². The van der Waals surface area contributed by atoms with Crippen LogP contribution in [0.1, 0.15) is 26.3 Å². The molecular weight excluding hydrogens is 288 g/mol. The lowest BCUT2D eigenvalue weighted by atomic mass is 10.1. The lowest BCUT2D eigenvalue weighted by Crippen LogP contribution is -2.40. The van der Waals surface area contributed by atoms with Crippen LogP contribution >= 0.6 is 12.4 Å². The number of hydrogen-bond donors (Lipinski definition) is 2. The summed E-state index contributed by atoms with van der Waals surface area (Å²) >= 11 is 0. The molecule has 1 aromatic carbocycles. The Kier molecular flexibility index (Phi) is 5.75. The molecule has 2 aromatic rings. The summed E-state index contributed by atoms with van der Waals surface area (Å²) in [6, 6.07) is 5.56. The summed E-state index contributed by atoms with van der Waals surface area (Å²) in [6.45, 7) is 8.65. The second kappa shape index (κ2) is 6.91. The highest BCUT2D eigenvalue weighted by Crippen LogP contribution is 2.21. The second-order valence-corrected chi connectivity index (χ2v) is 5.43. The standard InChI is InChI=1S/C15H22N4O.ClH/c1-5-19-12-7-6-10(4)8-11(12)17-15(19)18-14(20)13(16)9(2)3;/h6-9,13H,5,16H2,1-4H3,(H,17,18,20);1H/t13-;/m0./s1. The Labute approximate surface area is 131 Å². The molecule has 1 amide bonds. The molecule has 0 unspecified atom stereocenters. The predicted octanol–water partition coefficient (Wildman–Crippen LogP) is 2.71. The average molecular weight is 311 g/mol. The van der Waals surface area contributed by atoms with Gasteiger partial charge in [0.05, 0.1) is 17.1 Å². The number of nitrogens with two attached hydrogens (primary N) is 1. The summed E-state index contributed by atoms with van der Waals surface area (Å²) in [6.07, 6.45) is 0. The van der Waals surface area contributed by atoms with E-state index >= 15 is 0 Å². The Morgan fingerprint density at radius 2 is 2.10 bits per heavy atom. The predicted molar refractivity (Wildman–Crippen MR) is 88.8 cm³/mol. The topological polar surface area (TPSA) is 72.9 Å². The van der Waals surface area contributed by atoms with Crippen LogP contribution < -0.4 is 11.1 Å². The largest absolute Gasteiger partial charge is 0.320 e. The van der Waals surface area contributed by atoms with Gasteiger partial charge in [-0.15, -0.1) is 12.4 Å². The van der Waals surface area contributed by atoms with Crippen LogP contribution in [0, 0.1) is 12.8 Å². The number of nitrogens with one attached hydrogen (secondary N) is 1. The highest BCUT2D eigenvalue weighted by Gasteiger charge is 2.20. The van der Waals surface area contributed by atoms with Crippen LogP contribution in [0.4, 0.5) is 5.95 Å². The fourth-order valence-corrected chi connectivity index (χ4v) is 2.15. The minimum absolute atomic E-state index is 0. The van der Waals surface area contributed by atoms with Gasteiger partial charge in [0.15, 0.2) is 0 Å². The summed E-state index contributed by atoms with van der Waals surface area (Å²) in [7, 11) is 0. The highest BCUT2D eigenvalue weighted by atomic mass is 35.5. The molecule has 1 atom stereocenters. The highest BCUT2D eigenvalue weighted by molar-refractivity contribution is 5.95. The van der Waals surface area contributed by atoms with Crippen molar-refractivity contribution in [2.45, 2.75) is 40.3 Å². The molecule has 0 bridgehead atoms. The number of hydrogen-bond acceptors (Lipinski definition) is 3. The van der Waals surface area contributed by atoms with E-state index in [4.69, 9.17) is 5.73 Å². The van der Waals surface area contributed by atoms with Crippen LogP contribution in [0.15, 0.2) is 18.2 Å². The number of benzene rings is 1. The SMILES string of the molecule is CCn1c(NC(=O)[C@@H](N)C(C)C)nc2cc(C)ccc21.Cl. The minimum atomic E-state index is -0.526. The van der Waals surface area contributed by atoms with E-state index < -0.39 is 6.04 Å². The zero-order chi connectivity index (χ0) is 14.9. The third-order valence-corrected chi connectivity index (χ3v) is 3.48. The van der Waals surface area contributed by atoms with Gasteiger partial charge in [-0.3, -0.25) is 10.1 Å². The number of carbonyl (C=O) groups excluding carboxylic acids is 1. The fourth-order valence-electron chi connectivity index (χ4n) is 2.15. The summed E-state index contributed by atoms with van der Waals surface area (Å²) in [5.74, 6) is 0.465. The van der Waals surface area contributed by atoms with Crippen LogP contribution in [-0.4, -0.2) is 21.5 Å². The van der Waals surface area contributed by atoms with Gasteiger partial charge in [-0.1, -0.05) is 19.9 Å². The van der Waals surface area contributed by atoms with Crippen LogP contribution in [0.3, 0.4) is 0 Å². The second-order valence-electron chi connectivity index (χ2n) is 5.43. The molecule has 1 aromatic heterocycles. The van der Waals surface area contributed by atoms with E-state index in [0.717, 1.165) is 23.1 Å². The lowest BCUT2D eigenvalue weighted by molar-refractivity contribution is -0.118. The van der Waals surface area contributed by atoms with Crippen LogP contribution in [0.25, 0.3) is 11.0 Å². The third kappa shape index (κ3) is 3.54. The van der Waals surface area contributed by atoms with Crippen molar-refractivity contribution in [2.24, 2.45) is 11.7 Å². The van der Waals surface area contributed by atoms with E-state index in [1.807, 2.05) is 50.5 Å². The molecule has 0 fully saturated rings. The molecule has 5 nitrogen and oxygen atoms in total. The van der Waals surface area contributed by atoms with Gasteiger partial charge in [-0.2, -0.15) is 0 Å². The van der Waals surface area contributed by atoms with E-state index in [1.54, 1.807) is 0 Å². The molecule has 0 radical (unpaired) electrons. The molecule has 2 rings (SSSR count). The number of halogens is 1. The first-order valence-corrected chi connectivity index (χ1v) is 6.97. The number of aryl methyl sites for hydroxylation is 2. The Balaban J connectivity index is 0.00000220. The van der Waals surface area contributed by atoms with Gasteiger partial charge in [0, 0.05) is 6.54 Å². The van der Waals surface area contributed by atoms with Crippen molar-refractivity contribution >= 4 is 35.3 Å². The van der Waals surface area contributed by atoms with Gasteiger partial charge in [0.2, 0.25) is 11.9 Å². The normalized spacial score (nSPS) is 12.3. The van der Waals surface area contributed by atoms with Gasteiger partial charge in [-0.25, -0.2) is 4.98 Å². The van der Waals surface area contributed by atoms with Crippen molar-refractivity contribution in [3.63, 3.8) is 0 Å². The Bertz CT molecular complexity index is 636. The maximum absolute atomic E-state index is 12.1. The first-order valence-electron chi connectivity index (χ1n) is 6.97. The number of rotatable bonds is 4. The Morgan fingerprint density at radius 3 is 2.67 bits per heavy atom. The summed E-state index contributed by atoms with van der Waals surface area (Å²) < 4.78 is 1.99. The molecule has 1 heterocycles. The molecule has 6 heteroatoms. The van der Waals surface area contributed by atoms with Gasteiger partial charge in [0.25, 0.3) is 0 Å². The average Bonchev–Trinajstić information content (AvgIpc) is 2.73. The summed E-state index contributed by atoms with van der Waals surface area (Å²) in [4.78, 5) is 16.6. The summed E-state index contributed by atoms with van der Waals surface area (Å²) in [5, 5.41) is 2.84. The first kappa shape index (κ1) is 17.5. The number of fused-ring (bicyclic) bond motifs is 1. The fraction of sp³-hybridized carbons (Fsp3) is 0.467. The third-order valence-electron chi connectivity index (χ3n) is 3.48. The van der Waals surface area contributed by atoms with E-state index in [0.29, 0.717) is 5.95 Å². The van der Waals surface area contributed by atoms with E-state index in [1.165, 1.54) is 0 Å². The van der Waals surface area contributed by atoms with Crippen molar-refractivity contribution in [3.8, 4) is 0 Å². The molecule has 0 saturated carbocycles. The van der Waals surface area contributed by atoms with Crippen molar-refractivity contribution in [3.05, 3.63) is 23.8 Å². The first-order chi connectivity index (χ1) is 9.43. The van der Waals surface area contributed by atoms with E-state index in [9.17, 15) is 4.79 Å². The molecule has 116 valence electrons. The smallest absolute Gasteiger partial charge is 0.243 e. The van der Waals surface area contributed by atoms with Gasteiger partial charge in [0.1, 0.15) is 0 Å². The van der Waals surface area contributed by atoms with Crippen molar-refractivity contribution in [1.29, 1.82) is 0 Å². The van der Waals surface area contributed by atoms with Gasteiger partial charge >= 0.3 is 0 Å². The molecule has 0 aliphatic heterocycles. The lowest BCUT2D eigenvalue weighted by Gasteiger charge is -2.15. The van der Waals surface area contributed by atoms with E-state index in [2.05, 4.69) is 10.3 Å². The molecule has 0 aliphatic carbocycles. The molecule has 3 N–H and O–H groups in total. The zero-order valence-corrected chi connectivity index (χ0v) is 13.7. The number of aromatic nitrogens is 2. The Morgan fingerprint density at radius 1 is 1.43 bits per heavy atom. The molecule has 0 aliphatic rings. The molecule has 0 saturated heterocycles. The monoisotopic (exact) mass is 310 g/mol. The Hall–Kier alpha value is -1.59. The zero-order valence-electron chi connectivity index (χ0n) is 12.9.